The maximum absolute atomic E-state index is 5.73. The van der Waals surface area contributed by atoms with E-state index < -0.39 is 0 Å². The van der Waals surface area contributed by atoms with E-state index in [1.54, 1.807) is 7.11 Å². The summed E-state index contributed by atoms with van der Waals surface area (Å²) in [6.07, 6.45) is 3.74. The quantitative estimate of drug-likeness (QED) is 0.627. The zero-order valence-corrected chi connectivity index (χ0v) is 10.8. The lowest BCUT2D eigenvalue weighted by Crippen LogP contribution is -2.24. The number of methoxy groups -OCH3 is 1. The summed E-state index contributed by atoms with van der Waals surface area (Å²) in [5.41, 5.74) is 0. The van der Waals surface area contributed by atoms with Crippen LogP contribution in [0, 0.1) is 11.8 Å². The van der Waals surface area contributed by atoms with E-state index in [2.05, 4.69) is 11.8 Å². The van der Waals surface area contributed by atoms with Crippen molar-refractivity contribution < 1.29 is 4.74 Å². The minimum Gasteiger partial charge on any atom is -0.384 e. The maximum atomic E-state index is 5.73. The van der Waals surface area contributed by atoms with Crippen molar-refractivity contribution in [2.24, 2.45) is 11.8 Å². The Labute approximate surface area is 98.9 Å². The molecule has 1 fully saturated rings. The van der Waals surface area contributed by atoms with Gasteiger partial charge in [0.15, 0.2) is 0 Å². The summed E-state index contributed by atoms with van der Waals surface area (Å²) in [4.78, 5) is 2.56. The molecule has 90 valence electrons. The van der Waals surface area contributed by atoms with Gasteiger partial charge < -0.3 is 9.64 Å². The van der Waals surface area contributed by atoms with Gasteiger partial charge in [0.25, 0.3) is 0 Å². The molecule has 0 aromatic rings. The Hall–Kier alpha value is 0.210. The number of hydrogen-bond acceptors (Lipinski definition) is 2. The van der Waals surface area contributed by atoms with Crippen LogP contribution in [0.3, 0.4) is 0 Å². The average molecular weight is 234 g/mol. The van der Waals surface area contributed by atoms with Gasteiger partial charge in [-0.2, -0.15) is 0 Å². The minimum absolute atomic E-state index is 0.762. The van der Waals surface area contributed by atoms with Gasteiger partial charge in [-0.3, -0.25) is 0 Å². The van der Waals surface area contributed by atoms with Crippen molar-refractivity contribution in [3.05, 3.63) is 0 Å². The molecule has 1 rings (SSSR count). The predicted octanol–water partition coefficient (Wildman–Crippen LogP) is 2.61. The molecule has 1 aliphatic heterocycles. The first-order valence-corrected chi connectivity index (χ1v) is 6.57. The van der Waals surface area contributed by atoms with E-state index in [4.69, 9.17) is 16.3 Å². The van der Waals surface area contributed by atoms with Gasteiger partial charge in [0.2, 0.25) is 0 Å². The summed E-state index contributed by atoms with van der Waals surface area (Å²) in [6, 6.07) is 0. The van der Waals surface area contributed by atoms with Gasteiger partial charge >= 0.3 is 0 Å². The molecule has 2 nitrogen and oxygen atoms in total. The molecular weight excluding hydrogens is 210 g/mol. The van der Waals surface area contributed by atoms with E-state index in [1.807, 2.05) is 0 Å². The van der Waals surface area contributed by atoms with Crippen molar-refractivity contribution in [3.8, 4) is 0 Å². The monoisotopic (exact) mass is 233 g/mol. The fraction of sp³-hybridized carbons (Fsp3) is 1.00. The van der Waals surface area contributed by atoms with Crippen LogP contribution in [-0.4, -0.2) is 44.1 Å². The Morgan fingerprint density at radius 3 is 2.93 bits per heavy atom. The van der Waals surface area contributed by atoms with Gasteiger partial charge in [-0.1, -0.05) is 6.92 Å². The standard InChI is InChI=1S/C12H24ClNO/c1-11(3-6-13)4-7-14-8-5-12(9-14)10-15-2/h11-12H,3-10H2,1-2H3. The maximum Gasteiger partial charge on any atom is 0.0503 e. The fourth-order valence-corrected chi connectivity index (χ4v) is 2.59. The van der Waals surface area contributed by atoms with Crippen LogP contribution in [0.5, 0.6) is 0 Å². The van der Waals surface area contributed by atoms with Gasteiger partial charge in [0.05, 0.1) is 6.61 Å². The lowest BCUT2D eigenvalue weighted by molar-refractivity contribution is 0.152. The second-order valence-electron chi connectivity index (χ2n) is 4.78. The minimum atomic E-state index is 0.762. The molecule has 0 bridgehead atoms. The van der Waals surface area contributed by atoms with Crippen LogP contribution in [-0.2, 0) is 4.74 Å². The second kappa shape index (κ2) is 7.48. The zero-order valence-electron chi connectivity index (χ0n) is 10.0. The molecule has 0 radical (unpaired) electrons. The summed E-state index contributed by atoms with van der Waals surface area (Å²) in [5.74, 6) is 2.33. The summed E-state index contributed by atoms with van der Waals surface area (Å²) >= 11 is 5.73. The summed E-state index contributed by atoms with van der Waals surface area (Å²) in [5, 5.41) is 0. The number of nitrogens with zero attached hydrogens (tertiary/aromatic N) is 1. The molecule has 0 amide bonds. The highest BCUT2D eigenvalue weighted by Crippen LogP contribution is 2.18. The van der Waals surface area contributed by atoms with E-state index in [0.29, 0.717) is 0 Å². The van der Waals surface area contributed by atoms with E-state index >= 15 is 0 Å². The predicted molar refractivity (Wildman–Crippen MR) is 65.5 cm³/mol. The van der Waals surface area contributed by atoms with Gasteiger partial charge in [0, 0.05) is 19.5 Å². The van der Waals surface area contributed by atoms with Crippen molar-refractivity contribution in [2.75, 3.05) is 39.2 Å². The number of halogens is 1. The number of hydrogen-bond donors (Lipinski definition) is 0. The van der Waals surface area contributed by atoms with Gasteiger partial charge in [-0.15, -0.1) is 11.6 Å². The first-order chi connectivity index (χ1) is 7.26. The SMILES string of the molecule is COCC1CCN(CCC(C)CCCl)C1. The third kappa shape index (κ3) is 5.19. The number of ether oxygens (including phenoxy) is 1. The van der Waals surface area contributed by atoms with Crippen molar-refractivity contribution >= 4 is 11.6 Å². The molecule has 0 N–H and O–H groups in total. The topological polar surface area (TPSA) is 12.5 Å². The Kier molecular flexibility index (Phi) is 6.62. The highest BCUT2D eigenvalue weighted by Gasteiger charge is 2.21. The molecule has 2 unspecified atom stereocenters. The van der Waals surface area contributed by atoms with Crippen LogP contribution in [0.2, 0.25) is 0 Å². The van der Waals surface area contributed by atoms with Gasteiger partial charge in [-0.25, -0.2) is 0 Å². The number of likely N-dealkylation sites (tertiary alicyclic amines) is 1. The highest BCUT2D eigenvalue weighted by atomic mass is 35.5. The molecule has 0 aromatic heterocycles. The Morgan fingerprint density at radius 1 is 1.47 bits per heavy atom. The molecule has 0 aromatic carbocycles. The lowest BCUT2D eigenvalue weighted by atomic mass is 10.1. The van der Waals surface area contributed by atoms with Crippen LogP contribution < -0.4 is 0 Å². The smallest absolute Gasteiger partial charge is 0.0503 e. The van der Waals surface area contributed by atoms with Crippen LogP contribution in [0.4, 0.5) is 0 Å². The average Bonchev–Trinajstić information content (AvgIpc) is 2.64. The number of rotatable bonds is 7. The highest BCUT2D eigenvalue weighted by molar-refractivity contribution is 6.17. The molecule has 1 aliphatic rings. The van der Waals surface area contributed by atoms with Crippen molar-refractivity contribution in [1.82, 2.24) is 4.90 Å². The van der Waals surface area contributed by atoms with Crippen LogP contribution >= 0.6 is 11.6 Å². The normalized spacial score (nSPS) is 24.6. The molecule has 0 aliphatic carbocycles. The molecule has 15 heavy (non-hydrogen) atoms. The fourth-order valence-electron chi connectivity index (χ4n) is 2.22. The summed E-state index contributed by atoms with van der Waals surface area (Å²) in [7, 11) is 1.80. The van der Waals surface area contributed by atoms with E-state index in [1.165, 1.54) is 32.5 Å². The van der Waals surface area contributed by atoms with Crippen molar-refractivity contribution in [1.29, 1.82) is 0 Å². The summed E-state index contributed by atoms with van der Waals surface area (Å²) in [6.45, 7) is 6.93. The Balaban J connectivity index is 2.08. The van der Waals surface area contributed by atoms with Gasteiger partial charge in [-0.05, 0) is 44.2 Å². The Morgan fingerprint density at radius 2 is 2.27 bits per heavy atom. The summed E-state index contributed by atoms with van der Waals surface area (Å²) < 4.78 is 5.19. The molecule has 2 atom stereocenters. The van der Waals surface area contributed by atoms with Gasteiger partial charge in [0.1, 0.15) is 0 Å². The second-order valence-corrected chi connectivity index (χ2v) is 5.16. The molecule has 0 spiro atoms. The zero-order chi connectivity index (χ0) is 11.1. The van der Waals surface area contributed by atoms with Crippen LogP contribution in [0.25, 0.3) is 0 Å². The third-order valence-corrected chi connectivity index (χ3v) is 3.53. The largest absolute Gasteiger partial charge is 0.384 e. The number of alkyl halides is 1. The molecule has 3 heteroatoms. The van der Waals surface area contributed by atoms with Crippen molar-refractivity contribution in [2.45, 2.75) is 26.2 Å². The van der Waals surface area contributed by atoms with E-state index in [-0.39, 0.29) is 0 Å². The van der Waals surface area contributed by atoms with Crippen LogP contribution in [0.15, 0.2) is 0 Å². The Bertz CT molecular complexity index is 166. The lowest BCUT2D eigenvalue weighted by Gasteiger charge is -2.18. The molecule has 0 saturated carbocycles. The van der Waals surface area contributed by atoms with Crippen LogP contribution in [0.1, 0.15) is 26.2 Å². The molecule has 1 heterocycles. The molecular formula is C12H24ClNO. The molecule has 1 saturated heterocycles. The van der Waals surface area contributed by atoms with Crippen molar-refractivity contribution in [3.63, 3.8) is 0 Å². The van der Waals surface area contributed by atoms with E-state index in [0.717, 1.165) is 30.7 Å². The van der Waals surface area contributed by atoms with E-state index in [9.17, 15) is 0 Å². The third-order valence-electron chi connectivity index (χ3n) is 3.31. The first-order valence-electron chi connectivity index (χ1n) is 6.03. The first kappa shape index (κ1) is 13.3.